The third-order valence-corrected chi connectivity index (χ3v) is 14.0. The van der Waals surface area contributed by atoms with Crippen LogP contribution in [0.25, 0.3) is 0 Å². The molecule has 2 aromatic carbocycles. The summed E-state index contributed by atoms with van der Waals surface area (Å²) in [4.78, 5) is 7.06. The van der Waals surface area contributed by atoms with E-state index in [1.165, 1.54) is 0 Å². The summed E-state index contributed by atoms with van der Waals surface area (Å²) in [6.07, 6.45) is 0. The van der Waals surface area contributed by atoms with E-state index in [1.807, 2.05) is 53.5 Å². The van der Waals surface area contributed by atoms with Crippen LogP contribution in [-0.2, 0) is 16.6 Å². The van der Waals surface area contributed by atoms with Gasteiger partial charge in [-0.3, -0.25) is 0 Å². The Bertz CT molecular complexity index is 841. The summed E-state index contributed by atoms with van der Waals surface area (Å²) in [5, 5.41) is 0. The molecule has 2 rings (SSSR count). The van der Waals surface area contributed by atoms with Crippen molar-refractivity contribution in [2.75, 3.05) is 0 Å². The number of aryl methyl sites for hydroxylation is 1. The summed E-state index contributed by atoms with van der Waals surface area (Å²) in [5.74, 6) is 0. The molecule has 134 valence electrons. The molecule has 0 saturated heterocycles. The molecule has 0 N–H and O–H groups in total. The number of benzene rings is 2. The molecule has 2 aromatic rings. The Morgan fingerprint density at radius 2 is 1.60 bits per heavy atom. The molecule has 0 aliphatic rings. The molecule has 0 aliphatic carbocycles. The van der Waals surface area contributed by atoms with Crippen LogP contribution in [0.15, 0.2) is 67.3 Å². The van der Waals surface area contributed by atoms with Gasteiger partial charge in [-0.15, -0.1) is 0 Å². The third-order valence-electron chi connectivity index (χ3n) is 3.92. The van der Waals surface area contributed by atoms with Crippen molar-refractivity contribution < 1.29 is 8.42 Å². The van der Waals surface area contributed by atoms with Crippen LogP contribution in [0.1, 0.15) is 11.1 Å². The molecular formula is C19H24INO2SSn. The van der Waals surface area contributed by atoms with E-state index in [1.54, 1.807) is 16.4 Å². The van der Waals surface area contributed by atoms with E-state index >= 15 is 0 Å². The maximum atomic E-state index is 13.4. The predicted molar refractivity (Wildman–Crippen MR) is 116 cm³/mol. The van der Waals surface area contributed by atoms with Crippen LogP contribution in [-0.4, -0.2) is 31.1 Å². The Balaban J connectivity index is 2.55. The van der Waals surface area contributed by atoms with Crippen molar-refractivity contribution in [3.05, 3.63) is 73.5 Å². The molecule has 25 heavy (non-hydrogen) atoms. The molecule has 0 unspecified atom stereocenters. The normalized spacial score (nSPS) is 12.9. The van der Waals surface area contributed by atoms with Crippen LogP contribution in [0.5, 0.6) is 0 Å². The SMILES string of the molecule is Cc1ccc(S(=O)(=O)N(Cc2ccccc2)/[C](=C/I)[Sn]([CH3])([CH3])[CH3])cc1. The fourth-order valence-corrected chi connectivity index (χ4v) is 16.8. The van der Waals surface area contributed by atoms with Gasteiger partial charge < -0.3 is 0 Å². The summed E-state index contributed by atoms with van der Waals surface area (Å²) in [5.41, 5.74) is 2.04. The molecule has 0 saturated carbocycles. The zero-order valence-electron chi connectivity index (χ0n) is 15.0. The van der Waals surface area contributed by atoms with E-state index in [-0.39, 0.29) is 0 Å². The van der Waals surface area contributed by atoms with E-state index in [2.05, 4.69) is 37.4 Å². The molecule has 6 heteroatoms. The minimum absolute atomic E-state index is 0.348. The Labute approximate surface area is 169 Å². The van der Waals surface area contributed by atoms with E-state index in [0.717, 1.165) is 14.8 Å². The van der Waals surface area contributed by atoms with Gasteiger partial charge in [0.15, 0.2) is 0 Å². The Morgan fingerprint density at radius 3 is 2.08 bits per heavy atom. The van der Waals surface area contributed by atoms with Crippen molar-refractivity contribution in [3.63, 3.8) is 0 Å². The first-order chi connectivity index (χ1) is 11.7. The zero-order valence-corrected chi connectivity index (χ0v) is 20.9. The first-order valence-corrected chi connectivity index (χ1v) is 20.8. The number of rotatable bonds is 6. The quantitative estimate of drug-likeness (QED) is 0.344. The molecule has 0 spiro atoms. The monoisotopic (exact) mass is 577 g/mol. The van der Waals surface area contributed by atoms with Gasteiger partial charge in [0.05, 0.1) is 0 Å². The van der Waals surface area contributed by atoms with Gasteiger partial charge in [0.2, 0.25) is 0 Å². The van der Waals surface area contributed by atoms with Gasteiger partial charge in [-0.2, -0.15) is 0 Å². The molecule has 0 amide bonds. The van der Waals surface area contributed by atoms with Gasteiger partial charge in [-0.1, -0.05) is 0 Å². The molecule has 0 atom stereocenters. The third kappa shape index (κ3) is 5.23. The van der Waals surface area contributed by atoms with Crippen molar-refractivity contribution in [1.82, 2.24) is 4.31 Å². The van der Waals surface area contributed by atoms with Crippen LogP contribution in [0.4, 0.5) is 0 Å². The molecule has 0 heterocycles. The van der Waals surface area contributed by atoms with Gasteiger partial charge in [-0.25, -0.2) is 0 Å². The van der Waals surface area contributed by atoms with E-state index < -0.39 is 28.4 Å². The summed E-state index contributed by atoms with van der Waals surface area (Å²) in [6, 6.07) is 16.9. The second-order valence-electron chi connectivity index (χ2n) is 7.05. The molecular weight excluding hydrogens is 552 g/mol. The second kappa shape index (κ2) is 8.43. The number of hydrogen-bond acceptors (Lipinski definition) is 2. The van der Waals surface area contributed by atoms with Crippen molar-refractivity contribution >= 4 is 51.0 Å². The fraction of sp³-hybridized carbons (Fsp3) is 0.263. The van der Waals surface area contributed by atoms with E-state index in [9.17, 15) is 8.42 Å². The van der Waals surface area contributed by atoms with E-state index in [4.69, 9.17) is 0 Å². The Morgan fingerprint density at radius 1 is 1.04 bits per heavy atom. The summed E-state index contributed by atoms with van der Waals surface area (Å²) >= 11 is -0.473. The number of hydrogen-bond donors (Lipinski definition) is 0. The van der Waals surface area contributed by atoms with Crippen LogP contribution in [0.3, 0.4) is 0 Å². The second-order valence-corrected chi connectivity index (χ2v) is 23.8. The number of sulfonamides is 1. The Kier molecular flexibility index (Phi) is 7.00. The summed E-state index contributed by atoms with van der Waals surface area (Å²) in [7, 11) is -3.60. The first-order valence-electron chi connectivity index (χ1n) is 8.10. The van der Waals surface area contributed by atoms with Crippen molar-refractivity contribution in [2.45, 2.75) is 33.2 Å². The fourth-order valence-electron chi connectivity index (χ4n) is 2.48. The van der Waals surface area contributed by atoms with Gasteiger partial charge in [0.25, 0.3) is 0 Å². The van der Waals surface area contributed by atoms with Gasteiger partial charge >= 0.3 is 170 Å². The molecule has 0 fully saturated rings. The molecule has 0 bridgehead atoms. The van der Waals surface area contributed by atoms with Gasteiger partial charge in [0.1, 0.15) is 0 Å². The van der Waals surface area contributed by atoms with Crippen molar-refractivity contribution in [2.24, 2.45) is 0 Å². The van der Waals surface area contributed by atoms with Crippen molar-refractivity contribution in [3.8, 4) is 0 Å². The summed E-state index contributed by atoms with van der Waals surface area (Å²) < 4.78 is 31.4. The zero-order chi connectivity index (χ0) is 18.7. The minimum atomic E-state index is -3.60. The van der Waals surface area contributed by atoms with Crippen LogP contribution in [0.2, 0.25) is 14.8 Å². The average Bonchev–Trinajstić information content (AvgIpc) is 2.54. The molecule has 0 aliphatic heterocycles. The average molecular weight is 576 g/mol. The molecule has 0 aromatic heterocycles. The van der Waals surface area contributed by atoms with Crippen molar-refractivity contribution in [1.29, 1.82) is 0 Å². The van der Waals surface area contributed by atoms with E-state index in [0.29, 0.717) is 11.4 Å². The standard InChI is InChI=1S/C16H15INO2S.3CH3.Sn/c1-14-7-9-16(10-8-14)21(19,20)18(12-11-17)13-15-5-3-2-4-6-15;;;;/h2-11H,13H2,1H3;3*1H3;. The molecule has 3 nitrogen and oxygen atoms in total. The number of nitrogens with zero attached hydrogens (tertiary/aromatic N) is 1. The Hall–Kier alpha value is -0.541. The predicted octanol–water partition coefficient (Wildman–Crippen LogP) is 5.34. The number of halogens is 1. The summed E-state index contributed by atoms with van der Waals surface area (Å²) in [6.45, 7) is 2.32. The topological polar surface area (TPSA) is 37.4 Å². The van der Waals surface area contributed by atoms with Crippen LogP contribution in [0, 0.1) is 6.92 Å². The first kappa shape index (κ1) is 20.8. The van der Waals surface area contributed by atoms with Gasteiger partial charge in [0, 0.05) is 0 Å². The van der Waals surface area contributed by atoms with Crippen LogP contribution < -0.4 is 0 Å². The molecule has 0 radical (unpaired) electrons. The maximum absolute atomic E-state index is 13.4. The van der Waals surface area contributed by atoms with Crippen LogP contribution >= 0.6 is 22.6 Å². The van der Waals surface area contributed by atoms with Gasteiger partial charge in [-0.05, 0) is 0 Å².